The molecule has 33 heavy (non-hydrogen) atoms. The van der Waals surface area contributed by atoms with Gasteiger partial charge in [-0.2, -0.15) is 18.3 Å². The van der Waals surface area contributed by atoms with Gasteiger partial charge in [-0.05, 0) is 55.7 Å². The van der Waals surface area contributed by atoms with E-state index in [1.54, 1.807) is 22.9 Å². The lowest BCUT2D eigenvalue weighted by atomic mass is 9.93. The molecule has 0 N–H and O–H groups in total. The van der Waals surface area contributed by atoms with Crippen LogP contribution in [0.4, 0.5) is 13.2 Å². The molecule has 0 radical (unpaired) electrons. The Balaban J connectivity index is 1.37. The van der Waals surface area contributed by atoms with E-state index >= 15 is 0 Å². The number of piperidine rings is 1. The van der Waals surface area contributed by atoms with Crippen LogP contribution in [0.3, 0.4) is 0 Å². The molecule has 1 aromatic carbocycles. The number of likely N-dealkylation sites (tertiary alicyclic amines) is 1. The van der Waals surface area contributed by atoms with Crippen LogP contribution in [0.25, 0.3) is 5.69 Å². The Morgan fingerprint density at radius 2 is 1.91 bits per heavy atom. The van der Waals surface area contributed by atoms with E-state index in [2.05, 4.69) is 5.10 Å². The van der Waals surface area contributed by atoms with E-state index in [0.717, 1.165) is 29.0 Å². The van der Waals surface area contributed by atoms with Crippen LogP contribution in [0.15, 0.2) is 24.4 Å². The van der Waals surface area contributed by atoms with Gasteiger partial charge in [-0.3, -0.25) is 4.79 Å². The highest BCUT2D eigenvalue weighted by molar-refractivity contribution is 6.37. The normalized spacial score (nSPS) is 26.9. The third-order valence-electron chi connectivity index (χ3n) is 7.17. The molecule has 3 aliphatic rings. The van der Waals surface area contributed by atoms with Gasteiger partial charge >= 0.3 is 12.1 Å². The molecule has 5 nitrogen and oxygen atoms in total. The summed E-state index contributed by atoms with van der Waals surface area (Å²) in [5, 5.41) is 5.49. The Bertz CT molecular complexity index is 1050. The molecule has 2 bridgehead atoms. The van der Waals surface area contributed by atoms with Gasteiger partial charge in [0.2, 0.25) is 0 Å². The fraction of sp³-hybridized carbons (Fsp3) is 0.565. The minimum absolute atomic E-state index is 0.115. The second-order valence-corrected chi connectivity index (χ2v) is 9.94. The van der Waals surface area contributed by atoms with Crippen LogP contribution in [-0.4, -0.2) is 45.0 Å². The number of fused-ring (bicyclic) bond motifs is 2. The number of rotatable bonds is 6. The maximum atomic E-state index is 13.1. The first-order valence-corrected chi connectivity index (χ1v) is 12.0. The van der Waals surface area contributed by atoms with E-state index in [4.69, 9.17) is 27.9 Å². The Kier molecular flexibility index (Phi) is 5.90. The summed E-state index contributed by atoms with van der Waals surface area (Å²) < 4.78 is 47.4. The van der Waals surface area contributed by atoms with Crippen molar-refractivity contribution in [3.05, 3.63) is 45.7 Å². The van der Waals surface area contributed by atoms with Crippen molar-refractivity contribution >= 4 is 29.1 Å². The summed E-state index contributed by atoms with van der Waals surface area (Å²) in [5.41, 5.74) is 2.55. The number of hydrogen-bond donors (Lipinski definition) is 0. The zero-order chi connectivity index (χ0) is 23.5. The molecule has 1 amide bonds. The number of para-hydroxylation sites is 1. The van der Waals surface area contributed by atoms with E-state index < -0.39 is 24.2 Å². The third-order valence-corrected chi connectivity index (χ3v) is 7.78. The number of nitrogens with zero attached hydrogens (tertiary/aromatic N) is 3. The molecule has 4 atom stereocenters. The molecule has 2 heterocycles. The van der Waals surface area contributed by atoms with E-state index in [9.17, 15) is 18.0 Å². The highest BCUT2D eigenvalue weighted by atomic mass is 35.5. The SMILES string of the molecule is CCC1C2CC(CC2OCc2c(C3CC3)cnn2-c2c(Cl)cccc2Cl)N1C(=O)C(F)(F)F. The van der Waals surface area contributed by atoms with Gasteiger partial charge in [-0.25, -0.2) is 4.68 Å². The number of halogens is 5. The van der Waals surface area contributed by atoms with Crippen LogP contribution in [-0.2, 0) is 16.1 Å². The average molecular weight is 502 g/mol. The minimum atomic E-state index is -4.85. The summed E-state index contributed by atoms with van der Waals surface area (Å²) in [4.78, 5) is 13.0. The van der Waals surface area contributed by atoms with Crippen molar-refractivity contribution in [2.45, 2.75) is 75.9 Å². The third kappa shape index (κ3) is 4.04. The fourth-order valence-electron chi connectivity index (χ4n) is 5.60. The Labute approximate surface area is 199 Å². The second-order valence-electron chi connectivity index (χ2n) is 9.13. The largest absolute Gasteiger partial charge is 0.471 e. The molecule has 1 aliphatic heterocycles. The number of carbonyl (C=O) groups is 1. The first-order valence-electron chi connectivity index (χ1n) is 11.2. The Hall–Kier alpha value is -1.77. The molecule has 10 heteroatoms. The van der Waals surface area contributed by atoms with E-state index in [-0.39, 0.29) is 18.6 Å². The summed E-state index contributed by atoms with van der Waals surface area (Å²) in [6.07, 6.45) is 0.325. The molecular formula is C23H24Cl2F3N3O2. The highest BCUT2D eigenvalue weighted by Crippen LogP contribution is 2.48. The molecule has 3 fully saturated rings. The molecule has 0 spiro atoms. The summed E-state index contributed by atoms with van der Waals surface area (Å²) in [6, 6.07) is 4.36. The van der Waals surface area contributed by atoms with Gasteiger partial charge in [-0.1, -0.05) is 36.2 Å². The number of alkyl halides is 3. The molecule has 5 rings (SSSR count). The lowest BCUT2D eigenvalue weighted by Gasteiger charge is -2.38. The van der Waals surface area contributed by atoms with Crippen LogP contribution in [0.1, 0.15) is 56.2 Å². The summed E-state index contributed by atoms with van der Waals surface area (Å²) in [6.45, 7) is 2.07. The summed E-state index contributed by atoms with van der Waals surface area (Å²) in [5.74, 6) is -1.43. The number of aromatic nitrogens is 2. The number of amides is 1. The predicted molar refractivity (Wildman–Crippen MR) is 118 cm³/mol. The lowest BCUT2D eigenvalue weighted by molar-refractivity contribution is -0.191. The van der Waals surface area contributed by atoms with Crippen LogP contribution in [0.2, 0.25) is 10.0 Å². The van der Waals surface area contributed by atoms with E-state index in [0.29, 0.717) is 40.9 Å². The van der Waals surface area contributed by atoms with Gasteiger partial charge in [0.05, 0.1) is 34.6 Å². The number of benzene rings is 1. The molecule has 2 aromatic rings. The van der Waals surface area contributed by atoms with Crippen molar-refractivity contribution in [2.75, 3.05) is 0 Å². The van der Waals surface area contributed by atoms with Crippen LogP contribution in [0.5, 0.6) is 0 Å². The highest BCUT2D eigenvalue weighted by Gasteiger charge is 2.57. The van der Waals surface area contributed by atoms with Crippen molar-refractivity contribution in [3.63, 3.8) is 0 Å². The topological polar surface area (TPSA) is 47.4 Å². The van der Waals surface area contributed by atoms with Crippen molar-refractivity contribution in [3.8, 4) is 5.69 Å². The Morgan fingerprint density at radius 3 is 2.52 bits per heavy atom. The fourth-order valence-corrected chi connectivity index (χ4v) is 6.16. The minimum Gasteiger partial charge on any atom is -0.371 e. The van der Waals surface area contributed by atoms with Gasteiger partial charge < -0.3 is 9.64 Å². The first kappa shape index (κ1) is 23.0. The van der Waals surface area contributed by atoms with Gasteiger partial charge in [0.15, 0.2) is 0 Å². The molecule has 1 aromatic heterocycles. The number of hydrogen-bond acceptors (Lipinski definition) is 3. The lowest BCUT2D eigenvalue weighted by Crippen LogP contribution is -2.53. The predicted octanol–water partition coefficient (Wildman–Crippen LogP) is 5.90. The van der Waals surface area contributed by atoms with Crippen molar-refractivity contribution < 1.29 is 22.7 Å². The van der Waals surface area contributed by atoms with Gasteiger partial charge in [0, 0.05) is 18.0 Å². The average Bonchev–Trinajstić information content (AvgIpc) is 3.25. The quantitative estimate of drug-likeness (QED) is 0.494. The second kappa shape index (κ2) is 8.47. The molecular weight excluding hydrogens is 478 g/mol. The standard InChI is InChI=1S/C23H24Cl2F3N3O2/c1-2-18-14-8-13(30(18)22(32)23(26,27)28)9-20(14)33-11-19-15(12-6-7-12)10-29-31(19)21-16(24)4-3-5-17(21)25/h3-5,10,12-14,18,20H,2,6-9,11H2,1H3. The van der Waals surface area contributed by atoms with Crippen molar-refractivity contribution in [1.29, 1.82) is 0 Å². The maximum Gasteiger partial charge on any atom is 0.471 e. The maximum absolute atomic E-state index is 13.1. The van der Waals surface area contributed by atoms with Crippen molar-refractivity contribution in [1.82, 2.24) is 14.7 Å². The van der Waals surface area contributed by atoms with Crippen molar-refractivity contribution in [2.24, 2.45) is 5.92 Å². The van der Waals surface area contributed by atoms with Crippen LogP contribution in [0, 0.1) is 5.92 Å². The molecule has 2 aliphatic carbocycles. The van der Waals surface area contributed by atoms with Gasteiger partial charge in [0.1, 0.15) is 5.69 Å². The first-order chi connectivity index (χ1) is 15.7. The zero-order valence-electron chi connectivity index (χ0n) is 18.0. The smallest absolute Gasteiger partial charge is 0.371 e. The molecule has 4 unspecified atom stereocenters. The Morgan fingerprint density at radius 1 is 1.21 bits per heavy atom. The van der Waals surface area contributed by atoms with Gasteiger partial charge in [0.25, 0.3) is 0 Å². The molecule has 1 saturated heterocycles. The van der Waals surface area contributed by atoms with Crippen LogP contribution < -0.4 is 0 Å². The molecule has 2 saturated carbocycles. The molecule has 178 valence electrons. The van der Waals surface area contributed by atoms with E-state index in [1.165, 1.54) is 0 Å². The number of ether oxygens (including phenoxy) is 1. The summed E-state index contributed by atoms with van der Waals surface area (Å²) in [7, 11) is 0. The number of carbonyl (C=O) groups excluding carboxylic acids is 1. The zero-order valence-corrected chi connectivity index (χ0v) is 19.5. The van der Waals surface area contributed by atoms with E-state index in [1.807, 2.05) is 13.1 Å². The van der Waals surface area contributed by atoms with Crippen LogP contribution >= 0.6 is 23.2 Å². The van der Waals surface area contributed by atoms with Gasteiger partial charge in [-0.15, -0.1) is 0 Å². The monoisotopic (exact) mass is 501 g/mol. The summed E-state index contributed by atoms with van der Waals surface area (Å²) >= 11 is 12.8.